The number of hydrogen-bond acceptors (Lipinski definition) is 5. The van der Waals surface area contributed by atoms with E-state index in [0.29, 0.717) is 5.69 Å². The number of nitrogens with one attached hydrogen (secondary N) is 1. The molecule has 0 saturated heterocycles. The highest BCUT2D eigenvalue weighted by molar-refractivity contribution is 7.94. The van der Waals surface area contributed by atoms with E-state index in [1.54, 1.807) is 13.0 Å². The van der Waals surface area contributed by atoms with Crippen LogP contribution in [-0.2, 0) is 9.84 Å². The molecular formula is C11H12N2O4S. The molecule has 0 fully saturated rings. The van der Waals surface area contributed by atoms with Crippen molar-refractivity contribution in [2.45, 2.75) is 13.0 Å². The van der Waals surface area contributed by atoms with Crippen molar-refractivity contribution in [3.05, 3.63) is 34.9 Å². The molecular weight excluding hydrogens is 256 g/mol. The molecule has 0 bridgehead atoms. The van der Waals surface area contributed by atoms with Crippen LogP contribution < -0.4 is 5.32 Å². The quantitative estimate of drug-likeness (QED) is 0.842. The lowest BCUT2D eigenvalue weighted by Gasteiger charge is -2.13. The second-order valence-electron chi connectivity index (χ2n) is 4.06. The number of aromatic nitrogens is 1. The summed E-state index contributed by atoms with van der Waals surface area (Å²) >= 11 is 0. The molecule has 0 saturated carbocycles. The Morgan fingerprint density at radius 3 is 2.78 bits per heavy atom. The summed E-state index contributed by atoms with van der Waals surface area (Å²) in [5.74, 6) is -0.995. The molecule has 0 radical (unpaired) electrons. The predicted octanol–water partition coefficient (Wildman–Crippen LogP) is 0.811. The van der Waals surface area contributed by atoms with E-state index in [-0.39, 0.29) is 17.1 Å². The Balaban J connectivity index is 2.27. The summed E-state index contributed by atoms with van der Waals surface area (Å²) in [5, 5.41) is 13.0. The zero-order valence-electron chi connectivity index (χ0n) is 9.62. The Kier molecular flexibility index (Phi) is 3.08. The van der Waals surface area contributed by atoms with E-state index >= 15 is 0 Å². The van der Waals surface area contributed by atoms with Crippen molar-refractivity contribution in [2.24, 2.45) is 0 Å². The van der Waals surface area contributed by atoms with Crippen molar-refractivity contribution in [3.63, 3.8) is 0 Å². The molecule has 0 aromatic carbocycles. The van der Waals surface area contributed by atoms with Crippen LogP contribution in [0, 0.1) is 6.92 Å². The van der Waals surface area contributed by atoms with Crippen molar-refractivity contribution in [1.82, 2.24) is 4.98 Å². The number of hydrogen-bond donors (Lipinski definition) is 2. The number of carboxylic acid groups (broad SMARTS) is 1. The monoisotopic (exact) mass is 268 g/mol. The van der Waals surface area contributed by atoms with Crippen molar-refractivity contribution in [1.29, 1.82) is 0 Å². The fourth-order valence-electron chi connectivity index (χ4n) is 1.68. The lowest BCUT2D eigenvalue weighted by Crippen LogP contribution is -2.23. The Labute approximate surface area is 104 Å². The summed E-state index contributed by atoms with van der Waals surface area (Å²) in [6, 6.07) is 2.60. The van der Waals surface area contributed by atoms with Gasteiger partial charge in [-0.25, -0.2) is 18.2 Å². The van der Waals surface area contributed by atoms with Gasteiger partial charge in [0.1, 0.15) is 11.4 Å². The SMILES string of the molecule is Cc1ccc(C(=O)O)c(NC2C=CS(=O)(=O)C2)n1. The molecule has 2 N–H and O–H groups in total. The van der Waals surface area contributed by atoms with E-state index in [1.807, 2.05) is 0 Å². The van der Waals surface area contributed by atoms with Crippen LogP contribution in [0.25, 0.3) is 0 Å². The first-order valence-electron chi connectivity index (χ1n) is 5.26. The average Bonchev–Trinajstić information content (AvgIpc) is 2.57. The van der Waals surface area contributed by atoms with Gasteiger partial charge in [0.2, 0.25) is 0 Å². The van der Waals surface area contributed by atoms with Crippen LogP contribution in [0.15, 0.2) is 23.6 Å². The largest absolute Gasteiger partial charge is 0.478 e. The molecule has 2 rings (SSSR count). The third kappa shape index (κ3) is 2.67. The van der Waals surface area contributed by atoms with Gasteiger partial charge < -0.3 is 10.4 Å². The summed E-state index contributed by atoms with van der Waals surface area (Å²) in [4.78, 5) is 15.1. The number of aromatic carboxylic acids is 1. The van der Waals surface area contributed by atoms with Crippen LogP contribution in [0.2, 0.25) is 0 Å². The molecule has 0 aliphatic carbocycles. The van der Waals surface area contributed by atoms with E-state index in [1.165, 1.54) is 12.1 Å². The third-order valence-corrected chi connectivity index (χ3v) is 3.91. The molecule has 0 amide bonds. The minimum Gasteiger partial charge on any atom is -0.478 e. The van der Waals surface area contributed by atoms with Gasteiger partial charge in [-0.15, -0.1) is 0 Å². The predicted molar refractivity (Wildman–Crippen MR) is 66.3 cm³/mol. The maximum atomic E-state index is 11.3. The Morgan fingerprint density at radius 1 is 1.50 bits per heavy atom. The first-order valence-corrected chi connectivity index (χ1v) is 6.97. The molecule has 96 valence electrons. The van der Waals surface area contributed by atoms with Crippen molar-refractivity contribution < 1.29 is 18.3 Å². The molecule has 1 aromatic heterocycles. The summed E-state index contributed by atoms with van der Waals surface area (Å²) in [5.41, 5.74) is 0.686. The normalized spacial score (nSPS) is 20.8. The molecule has 2 heterocycles. The van der Waals surface area contributed by atoms with Crippen LogP contribution in [0.1, 0.15) is 16.1 Å². The van der Waals surface area contributed by atoms with E-state index < -0.39 is 21.8 Å². The zero-order chi connectivity index (χ0) is 13.3. The van der Waals surface area contributed by atoms with E-state index in [0.717, 1.165) is 5.41 Å². The lowest BCUT2D eigenvalue weighted by atomic mass is 10.2. The minimum atomic E-state index is -3.18. The number of carbonyl (C=O) groups is 1. The number of carboxylic acids is 1. The summed E-state index contributed by atoms with van der Waals surface area (Å²) in [6.07, 6.45) is 1.49. The smallest absolute Gasteiger partial charge is 0.339 e. The van der Waals surface area contributed by atoms with Gasteiger partial charge in [-0.3, -0.25) is 0 Å². The number of pyridine rings is 1. The van der Waals surface area contributed by atoms with Gasteiger partial charge in [0.15, 0.2) is 9.84 Å². The maximum absolute atomic E-state index is 11.3. The highest BCUT2D eigenvalue weighted by atomic mass is 32.2. The van der Waals surface area contributed by atoms with Gasteiger partial charge in [-0.1, -0.05) is 0 Å². The lowest BCUT2D eigenvalue weighted by molar-refractivity contribution is 0.0697. The standard InChI is InChI=1S/C11H12N2O4S/c1-7-2-3-9(11(14)15)10(12-7)13-8-4-5-18(16,17)6-8/h2-5,8H,6H2,1H3,(H,12,13)(H,14,15). The van der Waals surface area contributed by atoms with Gasteiger partial charge in [0, 0.05) is 11.1 Å². The number of nitrogens with zero attached hydrogens (tertiary/aromatic N) is 1. The Bertz CT molecular complexity index is 622. The summed E-state index contributed by atoms with van der Waals surface area (Å²) in [7, 11) is -3.18. The van der Waals surface area contributed by atoms with Crippen LogP contribution in [0.5, 0.6) is 0 Å². The van der Waals surface area contributed by atoms with Crippen molar-refractivity contribution in [3.8, 4) is 0 Å². The second-order valence-corrected chi connectivity index (χ2v) is 5.99. The van der Waals surface area contributed by atoms with Crippen LogP contribution in [0.3, 0.4) is 0 Å². The Hall–Kier alpha value is -1.89. The van der Waals surface area contributed by atoms with Gasteiger partial charge >= 0.3 is 5.97 Å². The van der Waals surface area contributed by atoms with Gasteiger partial charge in [0.25, 0.3) is 0 Å². The molecule has 1 unspecified atom stereocenters. The first-order chi connectivity index (χ1) is 8.37. The molecule has 18 heavy (non-hydrogen) atoms. The van der Waals surface area contributed by atoms with Crippen molar-refractivity contribution in [2.75, 3.05) is 11.1 Å². The summed E-state index contributed by atoms with van der Waals surface area (Å²) < 4.78 is 22.5. The third-order valence-electron chi connectivity index (χ3n) is 2.52. The van der Waals surface area contributed by atoms with Crippen molar-refractivity contribution >= 4 is 21.6 Å². The second kappa shape index (κ2) is 4.41. The molecule has 1 aliphatic rings. The number of rotatable bonds is 3. The fourth-order valence-corrected chi connectivity index (χ4v) is 2.92. The Morgan fingerprint density at radius 2 is 2.22 bits per heavy atom. The molecule has 1 aromatic rings. The van der Waals surface area contributed by atoms with E-state index in [9.17, 15) is 13.2 Å². The number of anilines is 1. The minimum absolute atomic E-state index is 0.0262. The fraction of sp³-hybridized carbons (Fsp3) is 0.273. The van der Waals surface area contributed by atoms with E-state index in [4.69, 9.17) is 5.11 Å². The number of sulfone groups is 1. The van der Waals surface area contributed by atoms with Crippen LogP contribution in [-0.4, -0.2) is 36.3 Å². The molecule has 1 atom stereocenters. The first kappa shape index (κ1) is 12.6. The van der Waals surface area contributed by atoms with Gasteiger partial charge in [-0.2, -0.15) is 0 Å². The number of aryl methyl sites for hydroxylation is 1. The molecule has 7 heteroatoms. The van der Waals surface area contributed by atoms with Crippen LogP contribution >= 0.6 is 0 Å². The average molecular weight is 268 g/mol. The van der Waals surface area contributed by atoms with Gasteiger partial charge in [-0.05, 0) is 25.1 Å². The summed E-state index contributed by atoms with van der Waals surface area (Å²) in [6.45, 7) is 1.73. The highest BCUT2D eigenvalue weighted by Gasteiger charge is 2.23. The molecule has 0 spiro atoms. The molecule has 1 aliphatic heterocycles. The van der Waals surface area contributed by atoms with Crippen LogP contribution in [0.4, 0.5) is 5.82 Å². The van der Waals surface area contributed by atoms with E-state index in [2.05, 4.69) is 10.3 Å². The topological polar surface area (TPSA) is 96.4 Å². The van der Waals surface area contributed by atoms with Gasteiger partial charge in [0.05, 0.1) is 11.8 Å². The molecule has 6 nitrogen and oxygen atoms in total. The zero-order valence-corrected chi connectivity index (χ0v) is 10.4. The highest BCUT2D eigenvalue weighted by Crippen LogP contribution is 2.18. The maximum Gasteiger partial charge on any atom is 0.339 e.